The van der Waals surface area contributed by atoms with Gasteiger partial charge in [0.2, 0.25) is 5.91 Å². The fraction of sp³-hybridized carbons (Fsp3) is 0.500. The predicted molar refractivity (Wildman–Crippen MR) is 108 cm³/mol. The van der Waals surface area contributed by atoms with Crippen LogP contribution in [0.25, 0.3) is 5.57 Å². The number of nitrogens with zero attached hydrogens (tertiary/aromatic N) is 4. The van der Waals surface area contributed by atoms with E-state index in [9.17, 15) is 4.79 Å². The van der Waals surface area contributed by atoms with E-state index >= 15 is 0 Å². The van der Waals surface area contributed by atoms with E-state index in [0.717, 1.165) is 56.7 Å². The van der Waals surface area contributed by atoms with Gasteiger partial charge in [0.1, 0.15) is 5.69 Å². The average Bonchev–Trinajstić information content (AvgIpc) is 3.41. The highest BCUT2D eigenvalue weighted by molar-refractivity contribution is 5.93. The predicted octanol–water partition coefficient (Wildman–Crippen LogP) is 3.19. The highest BCUT2D eigenvalue weighted by Gasteiger charge is 2.43. The Morgan fingerprint density at radius 1 is 1.25 bits per heavy atom. The molecule has 2 aromatic rings. The molecule has 1 unspecified atom stereocenters. The van der Waals surface area contributed by atoms with E-state index in [2.05, 4.69) is 32.8 Å². The van der Waals surface area contributed by atoms with Gasteiger partial charge in [0.05, 0.1) is 18.7 Å². The molecule has 1 aromatic carbocycles. The lowest BCUT2D eigenvalue weighted by Crippen LogP contribution is -2.57. The third-order valence-electron chi connectivity index (χ3n) is 6.56. The van der Waals surface area contributed by atoms with E-state index in [1.54, 1.807) is 0 Å². The van der Waals surface area contributed by atoms with Gasteiger partial charge in [-0.2, -0.15) is 0 Å². The summed E-state index contributed by atoms with van der Waals surface area (Å²) in [7, 11) is 0. The molecule has 1 N–H and O–H groups in total. The number of para-hydroxylation sites is 1. The number of benzene rings is 1. The zero-order valence-electron chi connectivity index (χ0n) is 16.1. The van der Waals surface area contributed by atoms with Gasteiger partial charge in [-0.05, 0) is 62.3 Å². The third-order valence-corrected chi connectivity index (χ3v) is 6.56. The van der Waals surface area contributed by atoms with Crippen LogP contribution in [0.2, 0.25) is 0 Å². The Bertz CT molecular complexity index is 874. The van der Waals surface area contributed by atoms with Gasteiger partial charge in [-0.15, -0.1) is 5.10 Å². The summed E-state index contributed by atoms with van der Waals surface area (Å²) < 4.78 is 2.00. The maximum absolute atomic E-state index is 12.8. The Labute approximate surface area is 165 Å². The number of hydrogen-bond donors (Lipinski definition) is 1. The highest BCUT2D eigenvalue weighted by atomic mass is 16.2. The number of carbonyl (C=O) groups excluding carboxylic acids is 1. The zero-order chi connectivity index (χ0) is 18.9. The van der Waals surface area contributed by atoms with Crippen molar-refractivity contribution >= 4 is 17.2 Å². The summed E-state index contributed by atoms with van der Waals surface area (Å²) in [6, 6.07) is 10.2. The van der Waals surface area contributed by atoms with Crippen molar-refractivity contribution in [2.45, 2.75) is 44.7 Å². The maximum Gasteiger partial charge on any atom is 0.229 e. The molecule has 1 aromatic heterocycles. The average molecular weight is 377 g/mol. The van der Waals surface area contributed by atoms with E-state index < -0.39 is 0 Å². The number of aromatic nitrogens is 3. The van der Waals surface area contributed by atoms with Crippen molar-refractivity contribution in [2.24, 2.45) is 11.8 Å². The molecular formula is C22H27N5O. The van der Waals surface area contributed by atoms with Gasteiger partial charge < -0.3 is 5.32 Å². The first-order valence-electron chi connectivity index (χ1n) is 10.5. The van der Waals surface area contributed by atoms with Gasteiger partial charge in [0.15, 0.2) is 0 Å². The van der Waals surface area contributed by atoms with Crippen LogP contribution in [-0.2, 0) is 11.3 Å². The summed E-state index contributed by atoms with van der Waals surface area (Å²) in [6.45, 7) is 2.79. The Kier molecular flexibility index (Phi) is 4.72. The van der Waals surface area contributed by atoms with Crippen LogP contribution in [0.1, 0.15) is 37.8 Å². The molecule has 1 amide bonds. The number of carbonyl (C=O) groups is 1. The van der Waals surface area contributed by atoms with Gasteiger partial charge in [-0.25, -0.2) is 0 Å². The van der Waals surface area contributed by atoms with Gasteiger partial charge in [0.25, 0.3) is 0 Å². The molecule has 6 rings (SSSR count). The molecule has 4 aliphatic rings. The number of fused-ring (bicyclic) bond motifs is 3. The van der Waals surface area contributed by atoms with Crippen LogP contribution in [-0.4, -0.2) is 44.9 Å². The lowest BCUT2D eigenvalue weighted by atomic mass is 9.75. The standard InChI is InChI=1S/C22H27N5O/c28-22(23-18-8-2-1-3-9-18)20-14-26-11-10-17(20)12-19(26)13-27-15-21(24-25-27)16-6-4-5-7-16/h1-3,6,8-9,15,17,19-20H,4-5,7,10-14H2,(H,23,28)/t17-,19-,20-/m1/s1. The summed E-state index contributed by atoms with van der Waals surface area (Å²) in [5.74, 6) is 0.704. The van der Waals surface area contributed by atoms with Crippen LogP contribution in [0, 0.1) is 11.8 Å². The van der Waals surface area contributed by atoms with Gasteiger partial charge in [-0.1, -0.05) is 29.5 Å². The van der Waals surface area contributed by atoms with Gasteiger partial charge in [0, 0.05) is 18.3 Å². The van der Waals surface area contributed by atoms with Crippen LogP contribution in [0.3, 0.4) is 0 Å². The Balaban J connectivity index is 1.21. The molecule has 6 heteroatoms. The first-order valence-corrected chi connectivity index (χ1v) is 10.5. The fourth-order valence-corrected chi connectivity index (χ4v) is 5.04. The van der Waals surface area contributed by atoms with Crippen LogP contribution in [0.15, 0.2) is 42.6 Å². The summed E-state index contributed by atoms with van der Waals surface area (Å²) in [6.07, 6.45) is 10.1. The van der Waals surface area contributed by atoms with E-state index in [4.69, 9.17) is 0 Å². The number of hydrogen-bond acceptors (Lipinski definition) is 4. The number of amides is 1. The molecule has 28 heavy (non-hydrogen) atoms. The second-order valence-electron chi connectivity index (χ2n) is 8.34. The number of piperidine rings is 3. The van der Waals surface area contributed by atoms with Crippen molar-refractivity contribution in [1.82, 2.24) is 19.9 Å². The number of anilines is 1. The molecule has 6 nitrogen and oxygen atoms in total. The quantitative estimate of drug-likeness (QED) is 0.869. The fourth-order valence-electron chi connectivity index (χ4n) is 5.04. The summed E-state index contributed by atoms with van der Waals surface area (Å²) in [5, 5.41) is 11.8. The van der Waals surface area contributed by atoms with E-state index in [1.165, 1.54) is 12.0 Å². The van der Waals surface area contributed by atoms with Gasteiger partial charge in [-0.3, -0.25) is 14.4 Å². The molecule has 4 heterocycles. The van der Waals surface area contributed by atoms with Crippen LogP contribution < -0.4 is 5.32 Å². The van der Waals surface area contributed by atoms with Crippen molar-refractivity contribution in [3.63, 3.8) is 0 Å². The van der Waals surface area contributed by atoms with E-state index in [0.29, 0.717) is 12.0 Å². The largest absolute Gasteiger partial charge is 0.326 e. The number of rotatable bonds is 5. The Morgan fingerprint density at radius 3 is 2.89 bits per heavy atom. The molecule has 146 valence electrons. The highest BCUT2D eigenvalue weighted by Crippen LogP contribution is 2.37. The normalized spacial score (nSPS) is 28.9. The van der Waals surface area contributed by atoms with Crippen molar-refractivity contribution in [1.29, 1.82) is 0 Å². The van der Waals surface area contributed by atoms with E-state index in [-0.39, 0.29) is 11.8 Å². The Morgan fingerprint density at radius 2 is 2.14 bits per heavy atom. The molecule has 0 saturated carbocycles. The number of allylic oxidation sites excluding steroid dienone is 2. The molecule has 0 spiro atoms. The second-order valence-corrected chi connectivity index (χ2v) is 8.34. The minimum atomic E-state index is 0.0835. The summed E-state index contributed by atoms with van der Waals surface area (Å²) in [5.41, 5.74) is 3.26. The summed E-state index contributed by atoms with van der Waals surface area (Å²) in [4.78, 5) is 15.3. The topological polar surface area (TPSA) is 63.1 Å². The Hall–Kier alpha value is -2.47. The molecular weight excluding hydrogens is 350 g/mol. The second kappa shape index (κ2) is 7.51. The molecule has 4 atom stereocenters. The number of nitrogens with one attached hydrogen (secondary N) is 1. The van der Waals surface area contributed by atoms with Crippen LogP contribution >= 0.6 is 0 Å². The molecule has 3 saturated heterocycles. The molecule has 2 bridgehead atoms. The lowest BCUT2D eigenvalue weighted by Gasteiger charge is -2.49. The third kappa shape index (κ3) is 3.49. The van der Waals surface area contributed by atoms with E-state index in [1.807, 2.05) is 35.0 Å². The molecule has 3 aliphatic heterocycles. The van der Waals surface area contributed by atoms with Crippen LogP contribution in [0.5, 0.6) is 0 Å². The smallest absolute Gasteiger partial charge is 0.229 e. The van der Waals surface area contributed by atoms with Gasteiger partial charge >= 0.3 is 0 Å². The first kappa shape index (κ1) is 17.6. The SMILES string of the molecule is O=C(Nc1ccccc1)[C@@H]1CN2CC[C@@H]1C[C@@H]2Cn1cc(C2=CCCC2)nn1. The molecule has 3 fully saturated rings. The lowest BCUT2D eigenvalue weighted by molar-refractivity contribution is -0.127. The van der Waals surface area contributed by atoms with Crippen molar-refractivity contribution in [2.75, 3.05) is 18.4 Å². The minimum absolute atomic E-state index is 0.0835. The maximum atomic E-state index is 12.8. The van der Waals surface area contributed by atoms with Crippen LogP contribution in [0.4, 0.5) is 5.69 Å². The molecule has 1 aliphatic carbocycles. The summed E-state index contributed by atoms with van der Waals surface area (Å²) >= 11 is 0. The van der Waals surface area contributed by atoms with Crippen molar-refractivity contribution < 1.29 is 4.79 Å². The monoisotopic (exact) mass is 377 g/mol. The zero-order valence-corrected chi connectivity index (χ0v) is 16.1. The van der Waals surface area contributed by atoms with Crippen molar-refractivity contribution in [3.05, 3.63) is 48.3 Å². The molecule has 0 radical (unpaired) electrons. The first-order chi connectivity index (χ1) is 13.8. The van der Waals surface area contributed by atoms with Crippen molar-refractivity contribution in [3.8, 4) is 0 Å². The minimum Gasteiger partial charge on any atom is -0.326 e.